The summed E-state index contributed by atoms with van der Waals surface area (Å²) in [7, 11) is 3.26. The number of halogens is 1. The van der Waals surface area contributed by atoms with Crippen LogP contribution in [0, 0.1) is 5.92 Å². The average molecular weight is 383 g/mol. The fourth-order valence-corrected chi connectivity index (χ4v) is 2.20. The molecule has 0 amide bonds. The van der Waals surface area contributed by atoms with Gasteiger partial charge in [0.05, 0.1) is 13.0 Å². The maximum atomic E-state index is 11.4. The van der Waals surface area contributed by atoms with E-state index in [1.807, 2.05) is 0 Å². The fourth-order valence-electron chi connectivity index (χ4n) is 2.20. The van der Waals surface area contributed by atoms with Crippen molar-refractivity contribution in [3.05, 3.63) is 0 Å². The molecule has 0 bridgehead atoms. The van der Waals surface area contributed by atoms with E-state index in [0.717, 1.165) is 44.9 Å². The van der Waals surface area contributed by atoms with E-state index < -0.39 is 0 Å². The molecule has 5 nitrogen and oxygen atoms in total. The van der Waals surface area contributed by atoms with Gasteiger partial charge in [0.25, 0.3) is 0 Å². The van der Waals surface area contributed by atoms with Crippen LogP contribution in [-0.2, 0) is 9.53 Å². The van der Waals surface area contributed by atoms with Crippen molar-refractivity contribution in [2.45, 2.75) is 32.6 Å². The molecular weight excluding hydrogens is 357 g/mol. The monoisotopic (exact) mass is 383 g/mol. The van der Waals surface area contributed by atoms with Crippen molar-refractivity contribution in [1.29, 1.82) is 0 Å². The Bertz CT molecular complexity index is 290. The number of carbonyl (C=O) groups is 1. The van der Waals surface area contributed by atoms with Crippen LogP contribution >= 0.6 is 24.0 Å². The lowest BCUT2D eigenvalue weighted by atomic mass is 9.97. The van der Waals surface area contributed by atoms with Crippen molar-refractivity contribution in [2.75, 3.05) is 33.8 Å². The number of aliphatic imine (C=N–C) groups is 1. The lowest BCUT2D eigenvalue weighted by molar-refractivity contribution is -0.146. The third-order valence-corrected chi connectivity index (χ3v) is 3.35. The summed E-state index contributed by atoms with van der Waals surface area (Å²) in [5.41, 5.74) is 0. The van der Waals surface area contributed by atoms with Gasteiger partial charge in [0, 0.05) is 26.7 Å². The first-order chi connectivity index (χ1) is 8.72. The minimum atomic E-state index is -0.0800. The highest BCUT2D eigenvalue weighted by Crippen LogP contribution is 2.18. The number of carbonyl (C=O) groups excluding carboxylic acids is 1. The van der Waals surface area contributed by atoms with E-state index in [0.29, 0.717) is 0 Å². The zero-order valence-corrected chi connectivity index (χ0v) is 14.5. The van der Waals surface area contributed by atoms with Crippen LogP contribution in [-0.4, -0.2) is 50.6 Å². The summed E-state index contributed by atoms with van der Waals surface area (Å²) in [4.78, 5) is 17.9. The number of piperidine rings is 1. The van der Waals surface area contributed by atoms with Crippen LogP contribution in [0.1, 0.15) is 32.6 Å². The number of nitrogens with zero attached hydrogens (tertiary/aromatic N) is 2. The number of unbranched alkanes of at least 4 members (excludes halogenated alkanes) is 1. The van der Waals surface area contributed by atoms with Crippen LogP contribution in [0.25, 0.3) is 0 Å². The molecule has 0 unspecified atom stereocenters. The predicted molar refractivity (Wildman–Crippen MR) is 88.0 cm³/mol. The van der Waals surface area contributed by atoms with Crippen molar-refractivity contribution < 1.29 is 9.53 Å². The molecule has 0 aromatic heterocycles. The molecule has 0 saturated carbocycles. The first-order valence-electron chi connectivity index (χ1n) is 6.76. The predicted octanol–water partition coefficient (Wildman–Crippen LogP) is 1.86. The standard InChI is InChI=1S/C13H25N3O2.HI/c1-4-5-8-15-13(14-2)16-9-6-11(7-10-16)12(17)18-3;/h11H,4-10H2,1-3H3,(H,14,15);1H. The zero-order chi connectivity index (χ0) is 13.4. The molecule has 1 N–H and O–H groups in total. The molecule has 1 rings (SSSR count). The van der Waals surface area contributed by atoms with Gasteiger partial charge in [-0.1, -0.05) is 13.3 Å². The van der Waals surface area contributed by atoms with Crippen LogP contribution in [0.5, 0.6) is 0 Å². The smallest absolute Gasteiger partial charge is 0.308 e. The Morgan fingerprint density at radius 3 is 2.53 bits per heavy atom. The fraction of sp³-hybridized carbons (Fsp3) is 0.846. The quantitative estimate of drug-likeness (QED) is 0.265. The first kappa shape index (κ1) is 18.5. The summed E-state index contributed by atoms with van der Waals surface area (Å²) < 4.78 is 4.79. The summed E-state index contributed by atoms with van der Waals surface area (Å²) in [6, 6.07) is 0. The number of methoxy groups -OCH3 is 1. The van der Waals surface area contributed by atoms with Crippen LogP contribution in [0.15, 0.2) is 4.99 Å². The van der Waals surface area contributed by atoms with E-state index in [9.17, 15) is 4.79 Å². The van der Waals surface area contributed by atoms with E-state index in [-0.39, 0.29) is 35.9 Å². The molecule has 112 valence electrons. The molecule has 1 heterocycles. The summed E-state index contributed by atoms with van der Waals surface area (Å²) >= 11 is 0. The van der Waals surface area contributed by atoms with Gasteiger partial charge < -0.3 is 15.0 Å². The minimum Gasteiger partial charge on any atom is -0.469 e. The largest absolute Gasteiger partial charge is 0.469 e. The summed E-state index contributed by atoms with van der Waals surface area (Å²) in [6.07, 6.45) is 4.02. The van der Waals surface area contributed by atoms with Gasteiger partial charge in [-0.2, -0.15) is 0 Å². The molecule has 0 aliphatic carbocycles. The maximum Gasteiger partial charge on any atom is 0.308 e. The lowest BCUT2D eigenvalue weighted by Gasteiger charge is -2.33. The second-order valence-corrected chi connectivity index (χ2v) is 4.61. The highest BCUT2D eigenvalue weighted by Gasteiger charge is 2.26. The van der Waals surface area contributed by atoms with Crippen LogP contribution in [0.3, 0.4) is 0 Å². The molecule has 0 aromatic carbocycles. The molecule has 1 saturated heterocycles. The topological polar surface area (TPSA) is 53.9 Å². The van der Waals surface area contributed by atoms with Crippen molar-refractivity contribution in [3.8, 4) is 0 Å². The number of hydrogen-bond donors (Lipinski definition) is 1. The molecule has 0 spiro atoms. The highest BCUT2D eigenvalue weighted by molar-refractivity contribution is 14.0. The van der Waals surface area contributed by atoms with Gasteiger partial charge in [-0.15, -0.1) is 24.0 Å². The Morgan fingerprint density at radius 2 is 2.05 bits per heavy atom. The number of nitrogens with one attached hydrogen (secondary N) is 1. The Hall–Kier alpha value is -0.530. The Morgan fingerprint density at radius 1 is 1.42 bits per heavy atom. The van der Waals surface area contributed by atoms with Gasteiger partial charge in [0.15, 0.2) is 5.96 Å². The summed E-state index contributed by atoms with van der Waals surface area (Å²) in [5, 5.41) is 3.36. The van der Waals surface area contributed by atoms with Gasteiger partial charge in [0.2, 0.25) is 0 Å². The third-order valence-electron chi connectivity index (χ3n) is 3.35. The van der Waals surface area contributed by atoms with Crippen molar-refractivity contribution >= 4 is 35.9 Å². The Balaban J connectivity index is 0.00000324. The van der Waals surface area contributed by atoms with Gasteiger partial charge in [-0.05, 0) is 19.3 Å². The van der Waals surface area contributed by atoms with Crippen molar-refractivity contribution in [3.63, 3.8) is 0 Å². The zero-order valence-electron chi connectivity index (χ0n) is 12.1. The maximum absolute atomic E-state index is 11.4. The number of likely N-dealkylation sites (tertiary alicyclic amines) is 1. The molecule has 1 aliphatic rings. The highest BCUT2D eigenvalue weighted by atomic mass is 127. The Kier molecular flexibility index (Phi) is 9.99. The van der Waals surface area contributed by atoms with Crippen molar-refractivity contribution in [2.24, 2.45) is 10.9 Å². The number of rotatable bonds is 4. The molecular formula is C13H26IN3O2. The van der Waals surface area contributed by atoms with Crippen LogP contribution in [0.2, 0.25) is 0 Å². The summed E-state index contributed by atoms with van der Waals surface area (Å²) in [6.45, 7) is 4.86. The first-order valence-corrected chi connectivity index (χ1v) is 6.76. The van der Waals surface area contributed by atoms with Crippen LogP contribution in [0.4, 0.5) is 0 Å². The van der Waals surface area contributed by atoms with Gasteiger partial charge >= 0.3 is 5.97 Å². The molecule has 19 heavy (non-hydrogen) atoms. The molecule has 6 heteroatoms. The number of guanidine groups is 1. The van der Waals surface area contributed by atoms with Crippen LogP contribution < -0.4 is 5.32 Å². The van der Waals surface area contributed by atoms with Crippen molar-refractivity contribution in [1.82, 2.24) is 10.2 Å². The molecule has 1 fully saturated rings. The SMILES string of the molecule is CCCCNC(=NC)N1CCC(C(=O)OC)CC1.I. The number of ether oxygens (including phenoxy) is 1. The molecule has 1 aliphatic heterocycles. The van der Waals surface area contributed by atoms with Gasteiger partial charge in [-0.25, -0.2) is 0 Å². The van der Waals surface area contributed by atoms with Gasteiger partial charge in [0.1, 0.15) is 0 Å². The van der Waals surface area contributed by atoms with E-state index >= 15 is 0 Å². The Labute approximate surface area is 133 Å². The third kappa shape index (κ3) is 5.97. The normalized spacial score (nSPS) is 16.8. The summed E-state index contributed by atoms with van der Waals surface area (Å²) in [5.74, 6) is 0.926. The second-order valence-electron chi connectivity index (χ2n) is 4.61. The lowest BCUT2D eigenvalue weighted by Crippen LogP contribution is -2.46. The number of hydrogen-bond acceptors (Lipinski definition) is 3. The second kappa shape index (κ2) is 10.3. The average Bonchev–Trinajstić information content (AvgIpc) is 2.43. The molecule has 0 atom stereocenters. The van der Waals surface area contributed by atoms with E-state index in [1.54, 1.807) is 7.05 Å². The van der Waals surface area contributed by atoms with Gasteiger partial charge in [-0.3, -0.25) is 9.79 Å². The molecule has 0 radical (unpaired) electrons. The van der Waals surface area contributed by atoms with E-state index in [1.165, 1.54) is 13.5 Å². The minimum absolute atomic E-state index is 0. The number of esters is 1. The molecule has 0 aromatic rings. The van der Waals surface area contributed by atoms with E-state index in [2.05, 4.69) is 22.1 Å². The van der Waals surface area contributed by atoms with E-state index in [4.69, 9.17) is 4.74 Å².